The number of nitrogens with zero attached hydrogens (tertiary/aromatic N) is 2. The number of aromatic nitrogens is 2. The van der Waals surface area contributed by atoms with Crippen molar-refractivity contribution in [3.05, 3.63) is 48.5 Å². The predicted molar refractivity (Wildman–Crippen MR) is 72.8 cm³/mol. The lowest BCUT2D eigenvalue weighted by molar-refractivity contribution is 0.475. The van der Waals surface area contributed by atoms with Crippen LogP contribution in [0.4, 0.5) is 11.7 Å². The fraction of sp³-hybridized carbons (Fsp3) is 0. The molecule has 0 aliphatic carbocycles. The molecule has 2 aromatic carbocycles. The summed E-state index contributed by atoms with van der Waals surface area (Å²) in [7, 11) is 0. The van der Waals surface area contributed by atoms with Gasteiger partial charge in [0.1, 0.15) is 11.5 Å². The summed E-state index contributed by atoms with van der Waals surface area (Å²) in [5.41, 5.74) is 1.08. The smallest absolute Gasteiger partial charge is 0.320 e. The summed E-state index contributed by atoms with van der Waals surface area (Å²) >= 11 is 0. The third-order valence-corrected chi connectivity index (χ3v) is 2.66. The molecule has 0 radical (unpaired) electrons. The number of hydrogen-bond acceptors (Lipinski definition) is 6. The molecule has 6 nitrogen and oxygen atoms in total. The van der Waals surface area contributed by atoms with Gasteiger partial charge in [-0.25, -0.2) is 0 Å². The zero-order chi connectivity index (χ0) is 13.9. The van der Waals surface area contributed by atoms with Crippen LogP contribution in [0.25, 0.3) is 11.5 Å². The van der Waals surface area contributed by atoms with Gasteiger partial charge in [0, 0.05) is 5.56 Å². The van der Waals surface area contributed by atoms with E-state index < -0.39 is 0 Å². The third kappa shape index (κ3) is 2.39. The summed E-state index contributed by atoms with van der Waals surface area (Å²) in [6.07, 6.45) is 0. The number of nitrogens with one attached hydrogen (secondary N) is 1. The molecule has 20 heavy (non-hydrogen) atoms. The number of rotatable bonds is 3. The second-order valence-corrected chi connectivity index (χ2v) is 4.10. The number of phenolic OH excluding ortho intramolecular Hbond substituents is 2. The Labute approximate surface area is 114 Å². The minimum atomic E-state index is 0.0876. The summed E-state index contributed by atoms with van der Waals surface area (Å²) < 4.78 is 5.43. The van der Waals surface area contributed by atoms with Gasteiger partial charge in [-0.05, 0) is 30.3 Å². The molecule has 0 saturated carbocycles. The fourth-order valence-electron chi connectivity index (χ4n) is 1.72. The molecule has 6 heteroatoms. The molecule has 0 saturated heterocycles. The molecule has 0 bridgehead atoms. The molecule has 0 atom stereocenters. The van der Waals surface area contributed by atoms with Crippen molar-refractivity contribution in [2.24, 2.45) is 0 Å². The molecule has 1 aromatic heterocycles. The van der Waals surface area contributed by atoms with Crippen molar-refractivity contribution in [3.8, 4) is 23.0 Å². The zero-order valence-corrected chi connectivity index (χ0v) is 10.3. The van der Waals surface area contributed by atoms with E-state index in [0.717, 1.165) is 0 Å². The van der Waals surface area contributed by atoms with Crippen LogP contribution < -0.4 is 5.32 Å². The van der Waals surface area contributed by atoms with E-state index in [1.807, 2.05) is 0 Å². The molecule has 3 rings (SSSR count). The van der Waals surface area contributed by atoms with Gasteiger partial charge >= 0.3 is 6.01 Å². The Bertz CT molecular complexity index is 740. The molecular formula is C14H11N3O3. The maximum atomic E-state index is 9.65. The van der Waals surface area contributed by atoms with Crippen LogP contribution >= 0.6 is 0 Å². The van der Waals surface area contributed by atoms with Crippen molar-refractivity contribution in [2.45, 2.75) is 0 Å². The van der Waals surface area contributed by atoms with Gasteiger partial charge < -0.3 is 19.9 Å². The summed E-state index contributed by atoms with van der Waals surface area (Å²) in [6.45, 7) is 0. The number of para-hydroxylation sites is 2. The molecule has 0 aliphatic heterocycles. The van der Waals surface area contributed by atoms with Gasteiger partial charge in [-0.3, -0.25) is 0 Å². The number of aromatic hydroxyl groups is 2. The first-order chi connectivity index (χ1) is 9.72. The van der Waals surface area contributed by atoms with E-state index in [1.165, 1.54) is 6.07 Å². The van der Waals surface area contributed by atoms with Crippen LogP contribution in [0, 0.1) is 0 Å². The topological polar surface area (TPSA) is 91.4 Å². The summed E-state index contributed by atoms with van der Waals surface area (Å²) in [6, 6.07) is 13.4. The molecule has 0 amide bonds. The molecule has 100 valence electrons. The molecule has 0 fully saturated rings. The van der Waals surface area contributed by atoms with Gasteiger partial charge in [0.05, 0.1) is 5.69 Å². The van der Waals surface area contributed by atoms with Crippen LogP contribution in [-0.4, -0.2) is 20.4 Å². The summed E-state index contributed by atoms with van der Waals surface area (Å²) in [5, 5.41) is 29.6. The highest BCUT2D eigenvalue weighted by atomic mass is 16.4. The maximum absolute atomic E-state index is 9.65. The lowest BCUT2D eigenvalue weighted by Gasteiger charge is -2.02. The Morgan fingerprint density at radius 2 is 1.80 bits per heavy atom. The standard InChI is InChI=1S/C14H11N3O3/c18-10-5-3-4-9(8-10)13-16-17-14(20-13)15-11-6-1-2-7-12(11)19/h1-8,18-19H,(H,15,17). The number of hydrogen-bond donors (Lipinski definition) is 3. The third-order valence-electron chi connectivity index (χ3n) is 2.66. The molecule has 3 aromatic rings. The molecule has 3 N–H and O–H groups in total. The van der Waals surface area contributed by atoms with Gasteiger partial charge in [-0.1, -0.05) is 23.3 Å². The number of phenols is 2. The number of anilines is 2. The van der Waals surface area contributed by atoms with E-state index in [4.69, 9.17) is 4.42 Å². The van der Waals surface area contributed by atoms with E-state index in [2.05, 4.69) is 15.5 Å². The van der Waals surface area contributed by atoms with Gasteiger partial charge in [-0.2, -0.15) is 0 Å². The molecule has 0 aliphatic rings. The van der Waals surface area contributed by atoms with Crippen LogP contribution in [-0.2, 0) is 0 Å². The van der Waals surface area contributed by atoms with Crippen molar-refractivity contribution in [1.82, 2.24) is 10.2 Å². The monoisotopic (exact) mass is 269 g/mol. The Morgan fingerprint density at radius 1 is 0.950 bits per heavy atom. The maximum Gasteiger partial charge on any atom is 0.320 e. The van der Waals surface area contributed by atoms with Gasteiger partial charge in [0.2, 0.25) is 5.89 Å². The highest BCUT2D eigenvalue weighted by molar-refractivity contribution is 5.62. The Kier molecular flexibility index (Phi) is 2.96. The van der Waals surface area contributed by atoms with Crippen LogP contribution in [0.15, 0.2) is 52.9 Å². The zero-order valence-electron chi connectivity index (χ0n) is 10.3. The highest BCUT2D eigenvalue weighted by Gasteiger charge is 2.10. The van der Waals surface area contributed by atoms with Crippen LogP contribution in [0.3, 0.4) is 0 Å². The van der Waals surface area contributed by atoms with Crippen molar-refractivity contribution in [3.63, 3.8) is 0 Å². The average molecular weight is 269 g/mol. The van der Waals surface area contributed by atoms with Crippen molar-refractivity contribution in [1.29, 1.82) is 0 Å². The van der Waals surface area contributed by atoms with Crippen molar-refractivity contribution < 1.29 is 14.6 Å². The quantitative estimate of drug-likeness (QED) is 0.633. The van der Waals surface area contributed by atoms with Gasteiger partial charge in [0.25, 0.3) is 0 Å². The SMILES string of the molecule is Oc1cccc(-c2nnc(Nc3ccccc3O)o2)c1. The largest absolute Gasteiger partial charge is 0.508 e. The van der Waals surface area contributed by atoms with Gasteiger partial charge in [-0.15, -0.1) is 5.10 Å². The second-order valence-electron chi connectivity index (χ2n) is 4.10. The first-order valence-electron chi connectivity index (χ1n) is 5.90. The second kappa shape index (κ2) is 4.93. The summed E-state index contributed by atoms with van der Waals surface area (Å²) in [5.74, 6) is 0.485. The van der Waals surface area contributed by atoms with E-state index in [0.29, 0.717) is 11.3 Å². The van der Waals surface area contributed by atoms with Crippen molar-refractivity contribution >= 4 is 11.7 Å². The first-order valence-corrected chi connectivity index (χ1v) is 5.90. The Hall–Kier alpha value is -3.02. The number of benzene rings is 2. The van der Waals surface area contributed by atoms with E-state index in [-0.39, 0.29) is 23.4 Å². The Morgan fingerprint density at radius 3 is 2.60 bits per heavy atom. The minimum Gasteiger partial charge on any atom is -0.508 e. The first kappa shape index (κ1) is 12.0. The van der Waals surface area contributed by atoms with Crippen LogP contribution in [0.2, 0.25) is 0 Å². The van der Waals surface area contributed by atoms with Gasteiger partial charge in [0.15, 0.2) is 0 Å². The molecular weight excluding hydrogens is 258 g/mol. The Balaban J connectivity index is 1.86. The summed E-state index contributed by atoms with van der Waals surface area (Å²) in [4.78, 5) is 0. The normalized spacial score (nSPS) is 10.4. The fourth-order valence-corrected chi connectivity index (χ4v) is 1.72. The molecule has 0 unspecified atom stereocenters. The molecule has 0 spiro atoms. The highest BCUT2D eigenvalue weighted by Crippen LogP contribution is 2.27. The lowest BCUT2D eigenvalue weighted by Crippen LogP contribution is -1.90. The molecule has 1 heterocycles. The lowest BCUT2D eigenvalue weighted by atomic mass is 10.2. The van der Waals surface area contributed by atoms with E-state index >= 15 is 0 Å². The average Bonchev–Trinajstić information content (AvgIpc) is 2.90. The van der Waals surface area contributed by atoms with Crippen molar-refractivity contribution in [2.75, 3.05) is 5.32 Å². The minimum absolute atomic E-state index is 0.0876. The van der Waals surface area contributed by atoms with E-state index in [1.54, 1.807) is 42.5 Å². The van der Waals surface area contributed by atoms with Crippen LogP contribution in [0.1, 0.15) is 0 Å². The van der Waals surface area contributed by atoms with E-state index in [9.17, 15) is 10.2 Å². The predicted octanol–water partition coefficient (Wildman–Crippen LogP) is 2.89. The van der Waals surface area contributed by atoms with Crippen LogP contribution in [0.5, 0.6) is 11.5 Å².